The molecule has 0 saturated carbocycles. The van der Waals surface area contributed by atoms with Crippen LogP contribution in [0.3, 0.4) is 0 Å². The summed E-state index contributed by atoms with van der Waals surface area (Å²) >= 11 is 0. The molecule has 2 unspecified atom stereocenters. The van der Waals surface area contributed by atoms with Crippen molar-refractivity contribution in [1.29, 1.82) is 0 Å². The van der Waals surface area contributed by atoms with Gasteiger partial charge in [-0.15, -0.1) is 0 Å². The fourth-order valence-corrected chi connectivity index (χ4v) is 2.55. The van der Waals surface area contributed by atoms with Crippen molar-refractivity contribution in [1.82, 2.24) is 10.2 Å². The molecule has 2 atom stereocenters. The Labute approximate surface area is 139 Å². The number of imide groups is 1. The largest absolute Gasteiger partial charge is 0.508 e. The van der Waals surface area contributed by atoms with E-state index in [9.17, 15) is 19.5 Å². The van der Waals surface area contributed by atoms with Crippen LogP contribution < -0.4 is 11.1 Å². The molecule has 1 fully saturated rings. The van der Waals surface area contributed by atoms with Gasteiger partial charge in [0.2, 0.25) is 0 Å². The van der Waals surface area contributed by atoms with Crippen molar-refractivity contribution in [3.8, 4) is 5.75 Å². The number of unbranched alkanes of at least 4 members (excludes halogenated alkanes) is 1. The zero-order valence-corrected chi connectivity index (χ0v) is 13.1. The summed E-state index contributed by atoms with van der Waals surface area (Å²) in [5.74, 6) is -1.21. The lowest BCUT2D eigenvalue weighted by atomic mass is 10.1. The van der Waals surface area contributed by atoms with Crippen molar-refractivity contribution in [2.45, 2.75) is 37.8 Å². The van der Waals surface area contributed by atoms with Gasteiger partial charge < -0.3 is 21.3 Å². The van der Waals surface area contributed by atoms with Crippen molar-refractivity contribution in [2.24, 2.45) is 5.73 Å². The number of carboxylic acid groups (broad SMARTS) is 1. The number of phenolic OH excluding ortho intramolecular Hbond substituents is 1. The average Bonchev–Trinajstić information content (AvgIpc) is 2.80. The first-order valence-electron chi connectivity index (χ1n) is 7.76. The van der Waals surface area contributed by atoms with Crippen LogP contribution in [0, 0.1) is 0 Å². The standard InChI is InChI=1S/C16H21N3O5/c17-12(15(22)23)3-1-2-8-19-14(21)13(18-16(19)24)9-10-4-6-11(20)7-5-10/h4-7,12-13,20H,1-3,8-9,17H2,(H,18,24)(H,22,23). The number of phenols is 1. The molecule has 5 N–H and O–H groups in total. The van der Waals surface area contributed by atoms with E-state index in [0.29, 0.717) is 25.7 Å². The smallest absolute Gasteiger partial charge is 0.324 e. The number of amides is 3. The molecule has 130 valence electrons. The van der Waals surface area contributed by atoms with Crippen LogP contribution in [-0.2, 0) is 16.0 Å². The highest BCUT2D eigenvalue weighted by molar-refractivity contribution is 6.04. The van der Waals surface area contributed by atoms with E-state index in [1.807, 2.05) is 0 Å². The number of rotatable bonds is 8. The van der Waals surface area contributed by atoms with Gasteiger partial charge in [-0.1, -0.05) is 12.1 Å². The maximum Gasteiger partial charge on any atom is 0.324 e. The first-order valence-corrected chi connectivity index (χ1v) is 7.76. The number of benzene rings is 1. The molecular formula is C16H21N3O5. The second kappa shape index (κ2) is 7.78. The second-order valence-electron chi connectivity index (χ2n) is 5.80. The van der Waals surface area contributed by atoms with Crippen LogP contribution in [0.2, 0.25) is 0 Å². The van der Waals surface area contributed by atoms with Crippen molar-refractivity contribution >= 4 is 17.9 Å². The van der Waals surface area contributed by atoms with Gasteiger partial charge >= 0.3 is 12.0 Å². The Hall–Kier alpha value is -2.61. The fraction of sp³-hybridized carbons (Fsp3) is 0.438. The van der Waals surface area contributed by atoms with Gasteiger partial charge in [-0.05, 0) is 37.0 Å². The molecule has 24 heavy (non-hydrogen) atoms. The fourth-order valence-electron chi connectivity index (χ4n) is 2.55. The third-order valence-electron chi connectivity index (χ3n) is 3.95. The van der Waals surface area contributed by atoms with Crippen LogP contribution >= 0.6 is 0 Å². The Morgan fingerprint density at radius 3 is 2.54 bits per heavy atom. The predicted octanol–water partition coefficient (Wildman–Crippen LogP) is 0.437. The minimum atomic E-state index is -1.06. The van der Waals surface area contributed by atoms with Crippen LogP contribution in [-0.4, -0.2) is 51.6 Å². The summed E-state index contributed by atoms with van der Waals surface area (Å²) in [4.78, 5) is 36.0. The molecule has 0 spiro atoms. The zero-order valence-electron chi connectivity index (χ0n) is 13.1. The molecule has 1 aromatic carbocycles. The maximum atomic E-state index is 12.3. The van der Waals surface area contributed by atoms with E-state index in [1.54, 1.807) is 12.1 Å². The monoisotopic (exact) mass is 335 g/mol. The SMILES string of the molecule is NC(CCCCN1C(=O)NC(Cc2ccc(O)cc2)C1=O)C(=O)O. The van der Waals surface area contributed by atoms with E-state index < -0.39 is 24.1 Å². The van der Waals surface area contributed by atoms with Crippen molar-refractivity contribution < 1.29 is 24.6 Å². The Kier molecular flexibility index (Phi) is 5.75. The summed E-state index contributed by atoms with van der Waals surface area (Å²) in [7, 11) is 0. The lowest BCUT2D eigenvalue weighted by molar-refractivity contribution is -0.138. The van der Waals surface area contributed by atoms with Crippen LogP contribution in [0.5, 0.6) is 5.75 Å². The molecular weight excluding hydrogens is 314 g/mol. The molecule has 0 aromatic heterocycles. The number of nitrogens with two attached hydrogens (primary N) is 1. The van der Waals surface area contributed by atoms with Gasteiger partial charge in [0.15, 0.2) is 0 Å². The molecule has 1 saturated heterocycles. The maximum absolute atomic E-state index is 12.3. The molecule has 3 amide bonds. The van der Waals surface area contributed by atoms with Crippen molar-refractivity contribution in [3.05, 3.63) is 29.8 Å². The quantitative estimate of drug-likeness (QED) is 0.402. The second-order valence-corrected chi connectivity index (χ2v) is 5.80. The lowest BCUT2D eigenvalue weighted by Gasteiger charge is -2.13. The van der Waals surface area contributed by atoms with E-state index in [2.05, 4.69) is 5.32 Å². The number of carboxylic acids is 1. The van der Waals surface area contributed by atoms with Gasteiger partial charge in [0.05, 0.1) is 0 Å². The highest BCUT2D eigenvalue weighted by atomic mass is 16.4. The Morgan fingerprint density at radius 1 is 1.25 bits per heavy atom. The van der Waals surface area contributed by atoms with Crippen molar-refractivity contribution in [2.75, 3.05) is 6.54 Å². The summed E-state index contributed by atoms with van der Waals surface area (Å²) in [6.45, 7) is 0.239. The molecule has 1 aliphatic heterocycles. The highest BCUT2D eigenvalue weighted by Gasteiger charge is 2.37. The van der Waals surface area contributed by atoms with Gasteiger partial charge in [-0.3, -0.25) is 14.5 Å². The van der Waals surface area contributed by atoms with Crippen LogP contribution in [0.4, 0.5) is 4.79 Å². The molecule has 0 bridgehead atoms. The number of urea groups is 1. The Balaban J connectivity index is 1.82. The third-order valence-corrected chi connectivity index (χ3v) is 3.95. The van der Waals surface area contributed by atoms with Crippen LogP contribution in [0.15, 0.2) is 24.3 Å². The highest BCUT2D eigenvalue weighted by Crippen LogP contribution is 2.16. The number of nitrogens with zero attached hydrogens (tertiary/aromatic N) is 1. The molecule has 8 heteroatoms. The molecule has 1 aromatic rings. The molecule has 1 heterocycles. The molecule has 0 aliphatic carbocycles. The summed E-state index contributed by atoms with van der Waals surface area (Å²) in [6.07, 6.45) is 1.68. The average molecular weight is 335 g/mol. The number of carbonyl (C=O) groups is 3. The zero-order chi connectivity index (χ0) is 17.7. The van der Waals surface area contributed by atoms with Crippen LogP contribution in [0.1, 0.15) is 24.8 Å². The molecule has 1 aliphatic rings. The van der Waals surface area contributed by atoms with Gasteiger partial charge in [-0.25, -0.2) is 4.79 Å². The molecule has 8 nitrogen and oxygen atoms in total. The van der Waals surface area contributed by atoms with E-state index in [4.69, 9.17) is 10.8 Å². The normalized spacial score (nSPS) is 18.5. The van der Waals surface area contributed by atoms with Gasteiger partial charge in [-0.2, -0.15) is 0 Å². The number of aliphatic carboxylic acids is 1. The number of nitrogens with one attached hydrogen (secondary N) is 1. The van der Waals surface area contributed by atoms with E-state index in [1.165, 1.54) is 12.1 Å². The third kappa shape index (κ3) is 4.45. The van der Waals surface area contributed by atoms with Gasteiger partial charge in [0.25, 0.3) is 5.91 Å². The number of hydrogen-bond acceptors (Lipinski definition) is 5. The van der Waals surface area contributed by atoms with Gasteiger partial charge in [0, 0.05) is 13.0 Å². The minimum absolute atomic E-state index is 0.140. The Bertz CT molecular complexity index is 617. The topological polar surface area (TPSA) is 133 Å². The summed E-state index contributed by atoms with van der Waals surface area (Å²) in [6, 6.07) is 4.47. The molecule has 2 rings (SSSR count). The van der Waals surface area contributed by atoms with Crippen molar-refractivity contribution in [3.63, 3.8) is 0 Å². The summed E-state index contributed by atoms with van der Waals surface area (Å²) < 4.78 is 0. The first kappa shape index (κ1) is 17.7. The summed E-state index contributed by atoms with van der Waals surface area (Å²) in [5, 5.41) is 20.6. The first-order chi connectivity index (χ1) is 11.4. The van der Waals surface area contributed by atoms with Crippen LogP contribution in [0.25, 0.3) is 0 Å². The minimum Gasteiger partial charge on any atom is -0.508 e. The lowest BCUT2D eigenvalue weighted by Crippen LogP contribution is -2.33. The van der Waals surface area contributed by atoms with Gasteiger partial charge in [0.1, 0.15) is 17.8 Å². The van der Waals surface area contributed by atoms with E-state index in [-0.39, 0.29) is 18.2 Å². The Morgan fingerprint density at radius 2 is 1.92 bits per heavy atom. The van der Waals surface area contributed by atoms with E-state index >= 15 is 0 Å². The summed E-state index contributed by atoms with van der Waals surface area (Å²) in [5.41, 5.74) is 6.24. The molecule has 0 radical (unpaired) electrons. The number of carbonyl (C=O) groups excluding carboxylic acids is 2. The number of aromatic hydroxyl groups is 1. The number of hydrogen-bond donors (Lipinski definition) is 4. The predicted molar refractivity (Wildman–Crippen MR) is 85.3 cm³/mol. The van der Waals surface area contributed by atoms with E-state index in [0.717, 1.165) is 10.5 Å².